The lowest BCUT2D eigenvalue weighted by Crippen LogP contribution is -2.25. The Labute approximate surface area is 217 Å². The monoisotopic (exact) mass is 516 g/mol. The SMILES string of the molecule is CCCCCCCCCc1ccc(OC(F)(F)c2c(F)ccc(Oc3ccc(CCC)cc3)c2F)cc1. The van der Waals surface area contributed by atoms with Gasteiger partial charge in [0.1, 0.15) is 22.9 Å². The molecule has 0 unspecified atom stereocenters. The first-order chi connectivity index (χ1) is 17.8. The summed E-state index contributed by atoms with van der Waals surface area (Å²) >= 11 is 0. The van der Waals surface area contributed by atoms with Gasteiger partial charge in [-0.3, -0.25) is 0 Å². The second-order valence-electron chi connectivity index (χ2n) is 9.36. The van der Waals surface area contributed by atoms with Crippen molar-refractivity contribution >= 4 is 0 Å². The molecule has 0 bridgehead atoms. The van der Waals surface area contributed by atoms with Gasteiger partial charge in [-0.25, -0.2) is 8.78 Å². The Morgan fingerprint density at radius 1 is 0.622 bits per heavy atom. The van der Waals surface area contributed by atoms with Crippen molar-refractivity contribution < 1.29 is 27.0 Å². The smallest absolute Gasteiger partial charge is 0.432 e. The number of benzene rings is 3. The van der Waals surface area contributed by atoms with Gasteiger partial charge in [0.25, 0.3) is 0 Å². The van der Waals surface area contributed by atoms with Crippen LogP contribution in [0.15, 0.2) is 60.7 Å². The summed E-state index contributed by atoms with van der Waals surface area (Å²) in [5, 5.41) is 0. The van der Waals surface area contributed by atoms with Gasteiger partial charge in [-0.05, 0) is 66.8 Å². The summed E-state index contributed by atoms with van der Waals surface area (Å²) in [6.07, 6.45) is 6.77. The van der Waals surface area contributed by atoms with Gasteiger partial charge in [0, 0.05) is 0 Å². The van der Waals surface area contributed by atoms with Crippen LogP contribution >= 0.6 is 0 Å². The van der Waals surface area contributed by atoms with Crippen LogP contribution in [0.2, 0.25) is 0 Å². The Hall–Kier alpha value is -3.02. The molecule has 200 valence electrons. The standard InChI is InChI=1S/C31H36F4O2/c1-3-5-6-7-8-9-10-12-24-15-19-26(20-16-24)37-31(34,35)29-27(32)21-22-28(30(29)33)36-25-17-13-23(11-4-2)14-18-25/h13-22H,3-12H2,1-2H3. The van der Waals surface area contributed by atoms with Gasteiger partial charge < -0.3 is 9.47 Å². The average Bonchev–Trinajstić information content (AvgIpc) is 2.87. The predicted octanol–water partition coefficient (Wildman–Crippen LogP) is 10.1. The largest absolute Gasteiger partial charge is 0.454 e. The molecule has 0 saturated carbocycles. The van der Waals surface area contributed by atoms with Gasteiger partial charge in [0.05, 0.1) is 0 Å². The second-order valence-corrected chi connectivity index (χ2v) is 9.36. The lowest BCUT2D eigenvalue weighted by molar-refractivity contribution is -0.189. The van der Waals surface area contributed by atoms with E-state index in [1.165, 1.54) is 44.2 Å². The van der Waals surface area contributed by atoms with Crippen molar-refractivity contribution in [3.05, 3.63) is 89.0 Å². The van der Waals surface area contributed by atoms with Crippen LogP contribution in [0.25, 0.3) is 0 Å². The Kier molecular flexibility index (Phi) is 10.8. The number of hydrogen-bond acceptors (Lipinski definition) is 2. The highest BCUT2D eigenvalue weighted by molar-refractivity contribution is 5.39. The molecule has 3 aromatic rings. The number of unbranched alkanes of at least 4 members (excludes halogenated alkanes) is 6. The third-order valence-corrected chi connectivity index (χ3v) is 6.27. The minimum atomic E-state index is -4.24. The van der Waals surface area contributed by atoms with Crippen LogP contribution in [0.4, 0.5) is 17.6 Å². The highest BCUT2D eigenvalue weighted by Crippen LogP contribution is 2.39. The van der Waals surface area contributed by atoms with E-state index < -0.39 is 29.1 Å². The summed E-state index contributed by atoms with van der Waals surface area (Å²) in [7, 11) is 0. The Bertz CT molecular complexity index is 1100. The first-order valence-corrected chi connectivity index (χ1v) is 13.2. The number of rotatable bonds is 15. The molecule has 6 heteroatoms. The van der Waals surface area contributed by atoms with E-state index in [0.717, 1.165) is 55.4 Å². The highest BCUT2D eigenvalue weighted by Gasteiger charge is 2.42. The molecular formula is C31H36F4O2. The first-order valence-electron chi connectivity index (χ1n) is 13.2. The van der Waals surface area contributed by atoms with E-state index in [4.69, 9.17) is 9.47 Å². The van der Waals surface area contributed by atoms with Gasteiger partial charge in [-0.1, -0.05) is 83.1 Å². The van der Waals surface area contributed by atoms with E-state index in [0.29, 0.717) is 0 Å². The molecule has 0 spiro atoms. The molecule has 3 rings (SSSR count). The fourth-order valence-electron chi connectivity index (χ4n) is 4.23. The van der Waals surface area contributed by atoms with Crippen molar-refractivity contribution in [3.63, 3.8) is 0 Å². The molecule has 0 heterocycles. The highest BCUT2D eigenvalue weighted by atomic mass is 19.3. The van der Waals surface area contributed by atoms with Crippen LogP contribution in [0.5, 0.6) is 17.2 Å². The summed E-state index contributed by atoms with van der Waals surface area (Å²) in [5.74, 6) is -3.34. The molecular weight excluding hydrogens is 480 g/mol. The lowest BCUT2D eigenvalue weighted by Gasteiger charge is -2.20. The molecule has 37 heavy (non-hydrogen) atoms. The van der Waals surface area contributed by atoms with Crippen LogP contribution in [0.1, 0.15) is 81.9 Å². The normalized spacial score (nSPS) is 11.5. The van der Waals surface area contributed by atoms with Gasteiger partial charge >= 0.3 is 6.11 Å². The zero-order valence-electron chi connectivity index (χ0n) is 21.7. The predicted molar refractivity (Wildman–Crippen MR) is 140 cm³/mol. The molecule has 3 aromatic carbocycles. The molecule has 0 radical (unpaired) electrons. The first kappa shape index (κ1) is 28.5. The summed E-state index contributed by atoms with van der Waals surface area (Å²) in [6.45, 7) is 4.24. The van der Waals surface area contributed by atoms with Crippen molar-refractivity contribution in [2.45, 2.75) is 84.2 Å². The minimum absolute atomic E-state index is 0.176. The molecule has 0 aliphatic carbocycles. The van der Waals surface area contributed by atoms with E-state index >= 15 is 4.39 Å². The zero-order chi connectivity index (χ0) is 26.7. The van der Waals surface area contributed by atoms with E-state index in [1.807, 2.05) is 19.1 Å². The third kappa shape index (κ3) is 8.51. The molecule has 0 atom stereocenters. The molecule has 0 amide bonds. The van der Waals surface area contributed by atoms with E-state index in [9.17, 15) is 13.2 Å². The quantitative estimate of drug-likeness (QED) is 0.148. The summed E-state index contributed by atoms with van der Waals surface area (Å²) in [5.41, 5.74) is 0.588. The minimum Gasteiger partial charge on any atom is -0.454 e. The maximum Gasteiger partial charge on any atom is 0.432 e. The van der Waals surface area contributed by atoms with Gasteiger partial charge in [0.2, 0.25) is 0 Å². The van der Waals surface area contributed by atoms with Crippen molar-refractivity contribution in [1.82, 2.24) is 0 Å². The fraction of sp³-hybridized carbons (Fsp3) is 0.419. The Morgan fingerprint density at radius 2 is 1.19 bits per heavy atom. The van der Waals surface area contributed by atoms with Crippen LogP contribution in [0.3, 0.4) is 0 Å². The van der Waals surface area contributed by atoms with Crippen LogP contribution in [-0.2, 0) is 19.0 Å². The van der Waals surface area contributed by atoms with Gasteiger partial charge in [-0.2, -0.15) is 8.78 Å². The molecule has 0 fully saturated rings. The van der Waals surface area contributed by atoms with Gasteiger partial charge in [-0.15, -0.1) is 0 Å². The van der Waals surface area contributed by atoms with E-state index in [-0.39, 0.29) is 11.5 Å². The maximum absolute atomic E-state index is 15.0. The van der Waals surface area contributed by atoms with Gasteiger partial charge in [0.15, 0.2) is 11.6 Å². The number of hydrogen-bond donors (Lipinski definition) is 0. The molecule has 0 aliphatic rings. The van der Waals surface area contributed by atoms with E-state index in [2.05, 4.69) is 6.92 Å². The summed E-state index contributed by atoms with van der Waals surface area (Å²) in [4.78, 5) is 0. The number of alkyl halides is 2. The van der Waals surface area contributed by atoms with Crippen molar-refractivity contribution in [1.29, 1.82) is 0 Å². The van der Waals surface area contributed by atoms with Crippen LogP contribution in [-0.4, -0.2) is 0 Å². The lowest BCUT2D eigenvalue weighted by atomic mass is 10.0. The van der Waals surface area contributed by atoms with Crippen molar-refractivity contribution in [3.8, 4) is 17.2 Å². The van der Waals surface area contributed by atoms with Crippen molar-refractivity contribution in [2.24, 2.45) is 0 Å². The van der Waals surface area contributed by atoms with E-state index in [1.54, 1.807) is 24.3 Å². The molecule has 0 N–H and O–H groups in total. The Balaban J connectivity index is 1.63. The average molecular weight is 517 g/mol. The molecule has 2 nitrogen and oxygen atoms in total. The third-order valence-electron chi connectivity index (χ3n) is 6.27. The van der Waals surface area contributed by atoms with Crippen LogP contribution in [0, 0.1) is 11.6 Å². The number of ether oxygens (including phenoxy) is 2. The summed E-state index contributed by atoms with van der Waals surface area (Å²) in [6, 6.07) is 14.8. The summed E-state index contributed by atoms with van der Waals surface area (Å²) < 4.78 is 69.5. The molecule has 0 aliphatic heterocycles. The molecule has 0 aromatic heterocycles. The Morgan fingerprint density at radius 3 is 1.81 bits per heavy atom. The van der Waals surface area contributed by atoms with Crippen LogP contribution < -0.4 is 9.47 Å². The number of aryl methyl sites for hydroxylation is 2. The topological polar surface area (TPSA) is 18.5 Å². The second kappa shape index (κ2) is 14.1. The van der Waals surface area contributed by atoms with Crippen molar-refractivity contribution in [2.75, 3.05) is 0 Å². The zero-order valence-corrected chi connectivity index (χ0v) is 21.7. The maximum atomic E-state index is 15.0. The molecule has 0 saturated heterocycles. The fourth-order valence-corrected chi connectivity index (χ4v) is 4.23. The number of halogens is 4.